The molecule has 0 saturated heterocycles. The van der Waals surface area contributed by atoms with E-state index in [-0.39, 0.29) is 5.56 Å². The van der Waals surface area contributed by atoms with Crippen molar-refractivity contribution in [3.63, 3.8) is 0 Å². The molecule has 0 aliphatic heterocycles. The summed E-state index contributed by atoms with van der Waals surface area (Å²) in [7, 11) is 0. The van der Waals surface area contributed by atoms with Crippen LogP contribution in [0.25, 0.3) is 0 Å². The fourth-order valence-electron chi connectivity index (χ4n) is 0.877. The number of rotatable bonds is 2. The second kappa shape index (κ2) is 3.49. The molecule has 0 saturated carbocycles. The normalized spacial score (nSPS) is 12.5. The van der Waals surface area contributed by atoms with E-state index in [4.69, 9.17) is 10.8 Å². The topological polar surface area (TPSA) is 63.3 Å². The zero-order valence-electron chi connectivity index (χ0n) is 6.50. The molecular weight excluding hydrogens is 180 g/mol. The summed E-state index contributed by atoms with van der Waals surface area (Å²) < 4.78 is 25.2. The average molecular weight is 187 g/mol. The molecule has 0 fully saturated rings. The van der Waals surface area contributed by atoms with Gasteiger partial charge in [-0.2, -0.15) is 0 Å². The molecule has 5 heteroatoms. The van der Waals surface area contributed by atoms with Crippen LogP contribution >= 0.6 is 0 Å². The van der Waals surface area contributed by atoms with Crippen molar-refractivity contribution in [2.45, 2.75) is 6.10 Å². The van der Waals surface area contributed by atoms with E-state index in [2.05, 4.69) is 0 Å². The van der Waals surface area contributed by atoms with Gasteiger partial charge in [-0.25, -0.2) is 8.78 Å². The number of halogens is 2. The van der Waals surface area contributed by atoms with Crippen LogP contribution in [0.3, 0.4) is 0 Å². The Morgan fingerprint density at radius 3 is 2.54 bits per heavy atom. The second-order valence-electron chi connectivity index (χ2n) is 2.47. The van der Waals surface area contributed by atoms with Gasteiger partial charge >= 0.3 is 0 Å². The molecule has 3 nitrogen and oxygen atoms in total. The van der Waals surface area contributed by atoms with E-state index in [1.165, 1.54) is 0 Å². The minimum atomic E-state index is -1.74. The zero-order valence-corrected chi connectivity index (χ0v) is 6.50. The molecule has 70 valence electrons. The summed E-state index contributed by atoms with van der Waals surface area (Å²) >= 11 is 0. The van der Waals surface area contributed by atoms with Crippen molar-refractivity contribution in [3.05, 3.63) is 35.4 Å². The highest BCUT2D eigenvalue weighted by molar-refractivity contribution is 5.80. The Morgan fingerprint density at radius 1 is 1.46 bits per heavy atom. The minimum Gasteiger partial charge on any atom is -0.378 e. The molecule has 0 aliphatic carbocycles. The maximum atomic E-state index is 12.9. The number of aliphatic hydroxyl groups is 1. The van der Waals surface area contributed by atoms with E-state index in [0.29, 0.717) is 6.07 Å². The zero-order chi connectivity index (χ0) is 10.0. The van der Waals surface area contributed by atoms with Crippen LogP contribution in [0.2, 0.25) is 0 Å². The molecule has 1 atom stereocenters. The summed E-state index contributed by atoms with van der Waals surface area (Å²) in [6, 6.07) is 2.48. The van der Waals surface area contributed by atoms with Crippen LogP contribution in [0.4, 0.5) is 8.78 Å². The molecule has 1 amide bonds. The van der Waals surface area contributed by atoms with Crippen molar-refractivity contribution < 1.29 is 18.7 Å². The van der Waals surface area contributed by atoms with Crippen LogP contribution in [0.5, 0.6) is 0 Å². The van der Waals surface area contributed by atoms with Crippen molar-refractivity contribution in [2.75, 3.05) is 0 Å². The first-order chi connectivity index (χ1) is 6.02. The molecule has 0 bridgehead atoms. The van der Waals surface area contributed by atoms with Crippen molar-refractivity contribution in [1.29, 1.82) is 0 Å². The van der Waals surface area contributed by atoms with Crippen LogP contribution in [0.1, 0.15) is 11.7 Å². The van der Waals surface area contributed by atoms with Gasteiger partial charge in [0.05, 0.1) is 0 Å². The second-order valence-corrected chi connectivity index (χ2v) is 2.47. The third kappa shape index (κ3) is 2.00. The van der Waals surface area contributed by atoms with Gasteiger partial charge in [-0.15, -0.1) is 0 Å². The van der Waals surface area contributed by atoms with Gasteiger partial charge in [0.25, 0.3) is 5.91 Å². The van der Waals surface area contributed by atoms with E-state index in [1.54, 1.807) is 0 Å². The average Bonchev–Trinajstić information content (AvgIpc) is 2.03. The highest BCUT2D eigenvalue weighted by Crippen LogP contribution is 2.17. The van der Waals surface area contributed by atoms with Crippen LogP contribution in [0, 0.1) is 11.6 Å². The molecule has 13 heavy (non-hydrogen) atoms. The van der Waals surface area contributed by atoms with Gasteiger partial charge in [0, 0.05) is 11.6 Å². The fourth-order valence-corrected chi connectivity index (χ4v) is 0.877. The lowest BCUT2D eigenvalue weighted by molar-refractivity contribution is -0.126. The number of aliphatic hydroxyl groups excluding tert-OH is 1. The molecule has 1 unspecified atom stereocenters. The number of benzene rings is 1. The third-order valence-corrected chi connectivity index (χ3v) is 1.53. The van der Waals surface area contributed by atoms with Crippen LogP contribution in [-0.4, -0.2) is 11.0 Å². The number of nitrogens with two attached hydrogens (primary N) is 1. The number of primary amides is 1. The van der Waals surface area contributed by atoms with E-state index in [9.17, 15) is 13.6 Å². The Balaban J connectivity index is 3.08. The number of carbonyl (C=O) groups is 1. The SMILES string of the molecule is NC(=O)C(O)c1ccc(F)cc1F. The van der Waals surface area contributed by atoms with Crippen molar-refractivity contribution in [1.82, 2.24) is 0 Å². The van der Waals surface area contributed by atoms with Crippen LogP contribution < -0.4 is 5.73 Å². The molecule has 0 aliphatic rings. The Bertz CT molecular complexity index is 341. The summed E-state index contributed by atoms with van der Waals surface area (Å²) in [5.41, 5.74) is 4.40. The molecule has 0 radical (unpaired) electrons. The van der Waals surface area contributed by atoms with Gasteiger partial charge in [-0.05, 0) is 6.07 Å². The van der Waals surface area contributed by atoms with E-state index < -0.39 is 23.6 Å². The number of hydrogen-bond acceptors (Lipinski definition) is 2. The van der Waals surface area contributed by atoms with Gasteiger partial charge in [0.15, 0.2) is 6.10 Å². The third-order valence-electron chi connectivity index (χ3n) is 1.53. The number of amides is 1. The summed E-state index contributed by atoms with van der Waals surface area (Å²) in [6.07, 6.45) is -1.74. The Kier molecular flexibility index (Phi) is 2.57. The van der Waals surface area contributed by atoms with Gasteiger partial charge in [0.1, 0.15) is 11.6 Å². The molecule has 1 aromatic carbocycles. The lowest BCUT2D eigenvalue weighted by Gasteiger charge is -2.07. The molecule has 1 rings (SSSR count). The summed E-state index contributed by atoms with van der Waals surface area (Å²) in [4.78, 5) is 10.4. The van der Waals surface area contributed by atoms with E-state index in [0.717, 1.165) is 12.1 Å². The lowest BCUT2D eigenvalue weighted by Crippen LogP contribution is -2.21. The first kappa shape index (κ1) is 9.60. The summed E-state index contributed by atoms with van der Waals surface area (Å²) in [5, 5.41) is 9.03. The maximum Gasteiger partial charge on any atom is 0.251 e. The predicted molar refractivity (Wildman–Crippen MR) is 40.5 cm³/mol. The Morgan fingerprint density at radius 2 is 2.08 bits per heavy atom. The van der Waals surface area contributed by atoms with E-state index >= 15 is 0 Å². The molecule has 0 aromatic heterocycles. The number of hydrogen-bond donors (Lipinski definition) is 2. The van der Waals surface area contributed by atoms with E-state index in [1.807, 2.05) is 0 Å². The first-order valence-electron chi connectivity index (χ1n) is 3.44. The fraction of sp³-hybridized carbons (Fsp3) is 0.125. The predicted octanol–water partition coefficient (Wildman–Crippen LogP) is 0.484. The lowest BCUT2D eigenvalue weighted by atomic mass is 10.1. The van der Waals surface area contributed by atoms with Crippen LogP contribution in [-0.2, 0) is 4.79 Å². The highest BCUT2D eigenvalue weighted by Gasteiger charge is 2.17. The smallest absolute Gasteiger partial charge is 0.251 e. The van der Waals surface area contributed by atoms with Crippen molar-refractivity contribution >= 4 is 5.91 Å². The molecule has 3 N–H and O–H groups in total. The van der Waals surface area contributed by atoms with Gasteiger partial charge < -0.3 is 10.8 Å². The summed E-state index contributed by atoms with van der Waals surface area (Å²) in [5.74, 6) is -2.85. The van der Waals surface area contributed by atoms with Crippen LogP contribution in [0.15, 0.2) is 18.2 Å². The standard InChI is InChI=1S/C8H7F2NO2/c9-4-1-2-5(6(10)3-4)7(12)8(11)13/h1-3,7,12H,(H2,11,13). The highest BCUT2D eigenvalue weighted by atomic mass is 19.1. The Hall–Kier alpha value is -1.49. The molecule has 0 spiro atoms. The van der Waals surface area contributed by atoms with Gasteiger partial charge in [-0.3, -0.25) is 4.79 Å². The van der Waals surface area contributed by atoms with Gasteiger partial charge in [0.2, 0.25) is 0 Å². The maximum absolute atomic E-state index is 12.9. The Labute approximate surface area is 72.8 Å². The quantitative estimate of drug-likeness (QED) is 0.707. The largest absolute Gasteiger partial charge is 0.378 e. The number of carbonyl (C=O) groups excluding carboxylic acids is 1. The van der Waals surface area contributed by atoms with Crippen molar-refractivity contribution in [2.24, 2.45) is 5.73 Å². The minimum absolute atomic E-state index is 0.325. The molecular formula is C8H7F2NO2. The van der Waals surface area contributed by atoms with Crippen molar-refractivity contribution in [3.8, 4) is 0 Å². The molecule has 1 aromatic rings. The van der Waals surface area contributed by atoms with Gasteiger partial charge in [-0.1, -0.05) is 6.07 Å². The molecule has 0 heterocycles. The monoisotopic (exact) mass is 187 g/mol. The first-order valence-corrected chi connectivity index (χ1v) is 3.44. The summed E-state index contributed by atoms with van der Waals surface area (Å²) in [6.45, 7) is 0.